The topological polar surface area (TPSA) is 75.8 Å². The van der Waals surface area contributed by atoms with Gasteiger partial charge in [-0.05, 0) is 36.6 Å². The van der Waals surface area contributed by atoms with Gasteiger partial charge in [-0.2, -0.15) is 5.10 Å². The Bertz CT molecular complexity index is 1240. The van der Waals surface area contributed by atoms with Crippen LogP contribution in [0.1, 0.15) is 36.9 Å². The first-order valence-corrected chi connectivity index (χ1v) is 9.86. The van der Waals surface area contributed by atoms with Gasteiger partial charge in [0.2, 0.25) is 5.78 Å². The van der Waals surface area contributed by atoms with Crippen LogP contribution in [0.3, 0.4) is 0 Å². The van der Waals surface area contributed by atoms with E-state index in [2.05, 4.69) is 5.10 Å². The van der Waals surface area contributed by atoms with Gasteiger partial charge < -0.3 is 0 Å². The summed E-state index contributed by atoms with van der Waals surface area (Å²) in [5, 5.41) is 14.8. The zero-order chi connectivity index (χ0) is 20.4. The number of thiophene rings is 1. The Morgan fingerprint density at radius 2 is 1.66 bits per heavy atom. The first-order valence-electron chi connectivity index (χ1n) is 8.98. The number of hydrogen-bond donors (Lipinski definition) is 1. The lowest BCUT2D eigenvalue weighted by molar-refractivity contribution is 0.103. The molecule has 0 amide bonds. The molecule has 2 aromatic carbocycles. The summed E-state index contributed by atoms with van der Waals surface area (Å²) >= 11 is 1.31. The zero-order valence-corrected chi connectivity index (χ0v) is 16.4. The molecule has 0 aliphatic carbocycles. The second-order valence-electron chi connectivity index (χ2n) is 6.54. The van der Waals surface area contributed by atoms with Crippen molar-refractivity contribution in [3.8, 4) is 5.69 Å². The fraction of sp³-hybridized carbons (Fsp3) is 0.0435. The smallest absolute Gasteiger partial charge is 0.223 e. The van der Waals surface area contributed by atoms with E-state index in [1.54, 1.807) is 36.4 Å². The molecule has 5 nitrogen and oxygen atoms in total. The number of ketones is 2. The molecule has 2 aromatic heterocycles. The highest BCUT2D eigenvalue weighted by atomic mass is 32.1. The highest BCUT2D eigenvalue weighted by Crippen LogP contribution is 2.16. The van der Waals surface area contributed by atoms with E-state index < -0.39 is 0 Å². The SMILES string of the molecule is Cc1ccc(-n2nc(C(=O)c3cccs3)cc(C(=O)c3ccccc3)c2=N)cc1. The largest absolute Gasteiger partial charge is 0.288 e. The molecule has 6 heteroatoms. The third kappa shape index (κ3) is 3.70. The van der Waals surface area contributed by atoms with Gasteiger partial charge in [0.1, 0.15) is 5.69 Å². The summed E-state index contributed by atoms with van der Waals surface area (Å²) in [5.41, 5.74) is 2.33. The van der Waals surface area contributed by atoms with Crippen molar-refractivity contribution in [2.24, 2.45) is 0 Å². The molecule has 1 N–H and O–H groups in total. The number of rotatable bonds is 5. The Balaban J connectivity index is 1.92. The van der Waals surface area contributed by atoms with E-state index in [0.29, 0.717) is 16.1 Å². The molecule has 0 spiro atoms. The van der Waals surface area contributed by atoms with Crippen molar-refractivity contribution in [2.45, 2.75) is 6.92 Å². The van der Waals surface area contributed by atoms with E-state index in [-0.39, 0.29) is 28.3 Å². The second kappa shape index (κ2) is 7.77. The minimum absolute atomic E-state index is 0.0644. The van der Waals surface area contributed by atoms with E-state index >= 15 is 0 Å². The van der Waals surface area contributed by atoms with Gasteiger partial charge in [0.05, 0.1) is 16.1 Å². The van der Waals surface area contributed by atoms with Crippen LogP contribution in [0.25, 0.3) is 5.69 Å². The molecule has 0 radical (unpaired) electrons. The minimum atomic E-state index is -0.320. The van der Waals surface area contributed by atoms with Crippen LogP contribution in [0.4, 0.5) is 0 Å². The summed E-state index contributed by atoms with van der Waals surface area (Å²) in [6, 6.07) is 21.1. The maximum atomic E-state index is 13.1. The Morgan fingerprint density at radius 3 is 2.31 bits per heavy atom. The number of aryl methyl sites for hydroxylation is 1. The number of nitrogens with zero attached hydrogens (tertiary/aromatic N) is 2. The van der Waals surface area contributed by atoms with Gasteiger partial charge in [0, 0.05) is 5.56 Å². The van der Waals surface area contributed by atoms with Crippen LogP contribution in [0.2, 0.25) is 0 Å². The minimum Gasteiger partial charge on any atom is -0.288 e. The number of aromatic nitrogens is 2. The van der Waals surface area contributed by atoms with E-state index in [1.807, 2.05) is 42.6 Å². The number of carbonyl (C=O) groups excluding carboxylic acids is 2. The van der Waals surface area contributed by atoms with Gasteiger partial charge in [0.25, 0.3) is 0 Å². The standard InChI is InChI=1S/C23H17N3O2S/c1-15-9-11-17(12-10-15)26-23(24)18(21(27)16-6-3-2-4-7-16)14-19(25-26)22(28)20-8-5-13-29-20/h2-14,24H,1H3. The highest BCUT2D eigenvalue weighted by Gasteiger charge is 2.20. The van der Waals surface area contributed by atoms with Crippen LogP contribution in [0, 0.1) is 12.3 Å². The van der Waals surface area contributed by atoms with Crippen LogP contribution in [-0.2, 0) is 0 Å². The lowest BCUT2D eigenvalue weighted by Gasteiger charge is -2.12. The molecule has 0 aliphatic rings. The molecule has 29 heavy (non-hydrogen) atoms. The number of nitrogens with one attached hydrogen (secondary N) is 1. The highest BCUT2D eigenvalue weighted by molar-refractivity contribution is 7.12. The summed E-state index contributed by atoms with van der Waals surface area (Å²) in [6.45, 7) is 1.96. The quantitative estimate of drug-likeness (QED) is 0.512. The maximum absolute atomic E-state index is 13.1. The Kier molecular flexibility index (Phi) is 5.01. The molecule has 0 unspecified atom stereocenters. The average Bonchev–Trinajstić information content (AvgIpc) is 3.29. The van der Waals surface area contributed by atoms with Gasteiger partial charge in [-0.25, -0.2) is 4.68 Å². The van der Waals surface area contributed by atoms with E-state index in [1.165, 1.54) is 22.1 Å². The van der Waals surface area contributed by atoms with Crippen molar-refractivity contribution in [2.75, 3.05) is 0 Å². The van der Waals surface area contributed by atoms with Gasteiger partial charge in [-0.1, -0.05) is 54.1 Å². The molecule has 0 fully saturated rings. The van der Waals surface area contributed by atoms with Crippen molar-refractivity contribution < 1.29 is 9.59 Å². The Morgan fingerprint density at radius 1 is 0.931 bits per heavy atom. The molecule has 0 saturated heterocycles. The molecular weight excluding hydrogens is 382 g/mol. The van der Waals surface area contributed by atoms with E-state index in [0.717, 1.165) is 5.56 Å². The van der Waals surface area contributed by atoms with Crippen molar-refractivity contribution in [3.05, 3.63) is 111 Å². The van der Waals surface area contributed by atoms with Crippen LogP contribution in [-0.4, -0.2) is 21.3 Å². The first kappa shape index (κ1) is 18.7. The molecular formula is C23H17N3O2S. The van der Waals surface area contributed by atoms with E-state index in [9.17, 15) is 9.59 Å². The maximum Gasteiger partial charge on any atom is 0.223 e. The Labute approximate surface area is 171 Å². The lowest BCUT2D eigenvalue weighted by Crippen LogP contribution is -2.30. The zero-order valence-electron chi connectivity index (χ0n) is 15.6. The monoisotopic (exact) mass is 399 g/mol. The van der Waals surface area contributed by atoms with Gasteiger partial charge in [-0.3, -0.25) is 15.0 Å². The van der Waals surface area contributed by atoms with Crippen LogP contribution in [0.5, 0.6) is 0 Å². The predicted molar refractivity (Wildman–Crippen MR) is 112 cm³/mol. The van der Waals surface area contributed by atoms with Crippen molar-refractivity contribution in [1.82, 2.24) is 9.78 Å². The molecule has 142 valence electrons. The lowest BCUT2D eigenvalue weighted by atomic mass is 10.0. The molecule has 0 bridgehead atoms. The third-order valence-corrected chi connectivity index (χ3v) is 5.36. The molecule has 4 rings (SSSR count). The van der Waals surface area contributed by atoms with Crippen molar-refractivity contribution >= 4 is 22.9 Å². The summed E-state index contributed by atoms with van der Waals surface area (Å²) in [5.74, 6) is -0.595. The normalized spacial score (nSPS) is 10.7. The van der Waals surface area contributed by atoms with Gasteiger partial charge >= 0.3 is 0 Å². The fourth-order valence-electron chi connectivity index (χ4n) is 2.94. The first-order chi connectivity index (χ1) is 14.0. The molecule has 0 aliphatic heterocycles. The second-order valence-corrected chi connectivity index (χ2v) is 7.49. The summed E-state index contributed by atoms with van der Waals surface area (Å²) in [6.07, 6.45) is 0. The summed E-state index contributed by atoms with van der Waals surface area (Å²) in [7, 11) is 0. The molecule has 2 heterocycles. The number of benzene rings is 2. The van der Waals surface area contributed by atoms with Gasteiger partial charge in [-0.15, -0.1) is 11.3 Å². The van der Waals surface area contributed by atoms with Crippen LogP contribution >= 0.6 is 11.3 Å². The molecule has 0 atom stereocenters. The number of carbonyl (C=O) groups is 2. The molecule has 0 saturated carbocycles. The van der Waals surface area contributed by atoms with Crippen LogP contribution in [0.15, 0.2) is 78.2 Å². The number of hydrogen-bond acceptors (Lipinski definition) is 5. The van der Waals surface area contributed by atoms with Crippen molar-refractivity contribution in [1.29, 1.82) is 5.41 Å². The Hall–Kier alpha value is -3.64. The summed E-state index contributed by atoms with van der Waals surface area (Å²) in [4.78, 5) is 26.6. The fourth-order valence-corrected chi connectivity index (χ4v) is 3.61. The van der Waals surface area contributed by atoms with Crippen molar-refractivity contribution in [3.63, 3.8) is 0 Å². The van der Waals surface area contributed by atoms with Gasteiger partial charge in [0.15, 0.2) is 11.3 Å². The molecule has 4 aromatic rings. The predicted octanol–water partition coefficient (Wildman–Crippen LogP) is 4.18. The van der Waals surface area contributed by atoms with Crippen LogP contribution < -0.4 is 5.49 Å². The average molecular weight is 399 g/mol. The third-order valence-electron chi connectivity index (χ3n) is 4.49. The van der Waals surface area contributed by atoms with E-state index in [4.69, 9.17) is 5.41 Å². The summed E-state index contributed by atoms with van der Waals surface area (Å²) < 4.78 is 1.34.